The van der Waals surface area contributed by atoms with Crippen LogP contribution in [0.15, 0.2) is 10.9 Å². The minimum atomic E-state index is -3.15. The molecule has 66 valence electrons. The predicted octanol–water partition coefficient (Wildman–Crippen LogP) is 1.16. The summed E-state index contributed by atoms with van der Waals surface area (Å²) in [7, 11) is 0. The highest BCUT2D eigenvalue weighted by Gasteiger charge is 2.19. The topological polar surface area (TPSA) is 53.1 Å². The van der Waals surface area contributed by atoms with Crippen LogP contribution in [0.5, 0.6) is 5.75 Å². The summed E-state index contributed by atoms with van der Waals surface area (Å²) in [5.41, 5.74) is -2.15. The summed E-state index contributed by atoms with van der Waals surface area (Å²) in [6, 6.07) is 0.491. The third kappa shape index (κ3) is 1.41. The monoisotopic (exact) mass is 179 g/mol. The van der Waals surface area contributed by atoms with E-state index < -0.39 is 29.2 Å². The van der Waals surface area contributed by atoms with Gasteiger partial charge in [-0.25, -0.2) is 8.78 Å². The molecule has 0 fully saturated rings. The molecule has 0 aliphatic heterocycles. The van der Waals surface area contributed by atoms with Crippen LogP contribution >= 0.6 is 0 Å². The van der Waals surface area contributed by atoms with E-state index in [1.165, 1.54) is 4.98 Å². The van der Waals surface area contributed by atoms with Crippen LogP contribution < -0.4 is 5.56 Å². The molecule has 0 aliphatic rings. The lowest BCUT2D eigenvalue weighted by atomic mass is 10.2. The molecule has 0 aliphatic carbocycles. The van der Waals surface area contributed by atoms with Gasteiger partial charge in [-0.15, -0.1) is 0 Å². The Balaban J connectivity index is 3.38. The summed E-state index contributed by atoms with van der Waals surface area (Å²) in [6.07, 6.45) is -3.15. The van der Waals surface area contributed by atoms with Crippen molar-refractivity contribution in [2.24, 2.45) is 0 Å². The quantitative estimate of drug-likeness (QED) is 0.635. The first kappa shape index (κ1) is 8.63. The molecule has 1 heterocycles. The van der Waals surface area contributed by atoms with Crippen molar-refractivity contribution in [3.8, 4) is 5.75 Å². The van der Waals surface area contributed by atoms with Crippen molar-refractivity contribution in [3.05, 3.63) is 27.9 Å². The molecule has 1 aromatic rings. The molecule has 0 unspecified atom stereocenters. The Morgan fingerprint density at radius 2 is 2.08 bits per heavy atom. The third-order valence-electron chi connectivity index (χ3n) is 1.23. The molecule has 0 atom stereocenters. The Hall–Kier alpha value is -1.46. The van der Waals surface area contributed by atoms with Crippen molar-refractivity contribution in [1.29, 1.82) is 0 Å². The zero-order valence-electron chi connectivity index (χ0n) is 5.64. The van der Waals surface area contributed by atoms with Gasteiger partial charge in [-0.1, -0.05) is 0 Å². The van der Waals surface area contributed by atoms with Crippen LogP contribution in [-0.4, -0.2) is 10.1 Å². The van der Waals surface area contributed by atoms with Crippen LogP contribution in [0.3, 0.4) is 0 Å². The lowest BCUT2D eigenvalue weighted by Gasteiger charge is -2.02. The maximum Gasteiger partial charge on any atom is 0.271 e. The van der Waals surface area contributed by atoms with Crippen LogP contribution in [-0.2, 0) is 0 Å². The number of aromatic amines is 1. The van der Waals surface area contributed by atoms with Crippen molar-refractivity contribution in [1.82, 2.24) is 4.98 Å². The van der Waals surface area contributed by atoms with Gasteiger partial charge in [0.05, 0.1) is 0 Å². The van der Waals surface area contributed by atoms with Gasteiger partial charge >= 0.3 is 0 Å². The number of rotatable bonds is 1. The summed E-state index contributed by atoms with van der Waals surface area (Å²) < 4.78 is 36.3. The Bertz CT molecular complexity index is 321. The van der Waals surface area contributed by atoms with E-state index in [9.17, 15) is 18.0 Å². The number of pyridine rings is 1. The van der Waals surface area contributed by atoms with Gasteiger partial charge in [-0.05, 0) is 0 Å². The van der Waals surface area contributed by atoms with Crippen molar-refractivity contribution in [2.75, 3.05) is 0 Å². The van der Waals surface area contributed by atoms with Gasteiger partial charge in [-0.2, -0.15) is 4.39 Å². The highest BCUT2D eigenvalue weighted by atomic mass is 19.3. The van der Waals surface area contributed by atoms with Crippen molar-refractivity contribution >= 4 is 0 Å². The fourth-order valence-electron chi connectivity index (χ4n) is 0.734. The number of hydrogen-bond donors (Lipinski definition) is 2. The van der Waals surface area contributed by atoms with Crippen LogP contribution in [0.2, 0.25) is 0 Å². The fraction of sp³-hybridized carbons (Fsp3) is 0.167. The molecule has 1 rings (SSSR count). The highest BCUT2D eigenvalue weighted by molar-refractivity contribution is 5.30. The summed E-state index contributed by atoms with van der Waals surface area (Å²) in [5, 5.41) is 8.70. The number of hydrogen-bond acceptors (Lipinski definition) is 2. The van der Waals surface area contributed by atoms with E-state index in [1.54, 1.807) is 0 Å². The van der Waals surface area contributed by atoms with Crippen LogP contribution in [0.1, 0.15) is 12.0 Å². The standard InChI is InChI=1S/C6H4F3NO2/c7-5(8)4-2(11)1-3(12)10-6(4)9/h1,5H,(H2,10,11,12). The van der Waals surface area contributed by atoms with Crippen LogP contribution in [0.25, 0.3) is 0 Å². The van der Waals surface area contributed by atoms with E-state index in [-0.39, 0.29) is 0 Å². The van der Waals surface area contributed by atoms with Gasteiger partial charge < -0.3 is 5.11 Å². The number of halogens is 3. The molecule has 3 nitrogen and oxygen atoms in total. The second-order valence-electron chi connectivity index (χ2n) is 2.05. The van der Waals surface area contributed by atoms with E-state index in [1.807, 2.05) is 0 Å². The molecule has 1 aromatic heterocycles. The first-order chi connectivity index (χ1) is 5.52. The molecule has 0 saturated carbocycles. The molecular formula is C6H4F3NO2. The lowest BCUT2D eigenvalue weighted by Crippen LogP contribution is -2.09. The Kier molecular flexibility index (Phi) is 2.07. The maximum atomic E-state index is 12.5. The zero-order valence-corrected chi connectivity index (χ0v) is 5.64. The predicted molar refractivity (Wildman–Crippen MR) is 33.6 cm³/mol. The highest BCUT2D eigenvalue weighted by Crippen LogP contribution is 2.27. The van der Waals surface area contributed by atoms with Gasteiger partial charge in [0.15, 0.2) is 0 Å². The average Bonchev–Trinajstić information content (AvgIpc) is 1.82. The van der Waals surface area contributed by atoms with Crippen molar-refractivity contribution in [3.63, 3.8) is 0 Å². The average molecular weight is 179 g/mol. The SMILES string of the molecule is O=c1cc(O)c(C(F)F)c(F)[nH]1. The number of alkyl halides is 2. The molecule has 12 heavy (non-hydrogen) atoms. The van der Waals surface area contributed by atoms with Crippen LogP contribution in [0.4, 0.5) is 13.2 Å². The largest absolute Gasteiger partial charge is 0.507 e. The second-order valence-corrected chi connectivity index (χ2v) is 2.05. The summed E-state index contributed by atoms with van der Waals surface area (Å²) in [4.78, 5) is 11.9. The van der Waals surface area contributed by atoms with Crippen molar-refractivity contribution < 1.29 is 18.3 Å². The Morgan fingerprint density at radius 3 is 2.50 bits per heavy atom. The van der Waals surface area contributed by atoms with E-state index in [2.05, 4.69) is 0 Å². The molecule has 2 N–H and O–H groups in total. The van der Waals surface area contributed by atoms with E-state index >= 15 is 0 Å². The third-order valence-corrected chi connectivity index (χ3v) is 1.23. The number of nitrogens with one attached hydrogen (secondary N) is 1. The number of H-pyrrole nitrogens is 1. The first-order valence-electron chi connectivity index (χ1n) is 2.92. The number of aromatic hydroxyl groups is 1. The molecule has 0 radical (unpaired) electrons. The van der Waals surface area contributed by atoms with E-state index in [0.29, 0.717) is 6.07 Å². The van der Waals surface area contributed by atoms with Crippen molar-refractivity contribution in [2.45, 2.75) is 6.43 Å². The minimum Gasteiger partial charge on any atom is -0.507 e. The second kappa shape index (κ2) is 2.88. The molecule has 6 heteroatoms. The smallest absolute Gasteiger partial charge is 0.271 e. The molecule has 0 aromatic carbocycles. The molecule has 0 bridgehead atoms. The summed E-state index contributed by atoms with van der Waals surface area (Å²) in [5.74, 6) is -2.54. The van der Waals surface area contributed by atoms with E-state index in [4.69, 9.17) is 5.11 Å². The van der Waals surface area contributed by atoms with E-state index in [0.717, 1.165) is 0 Å². The summed E-state index contributed by atoms with van der Waals surface area (Å²) in [6.45, 7) is 0. The zero-order chi connectivity index (χ0) is 9.30. The normalized spacial score (nSPS) is 10.7. The van der Waals surface area contributed by atoms with Crippen LogP contribution in [0, 0.1) is 5.95 Å². The number of aromatic nitrogens is 1. The van der Waals surface area contributed by atoms with Gasteiger partial charge in [0, 0.05) is 6.07 Å². The minimum absolute atomic E-state index is 0.491. The fourth-order valence-corrected chi connectivity index (χ4v) is 0.734. The first-order valence-corrected chi connectivity index (χ1v) is 2.92. The molecule has 0 amide bonds. The molecule has 0 saturated heterocycles. The van der Waals surface area contributed by atoms with Gasteiger partial charge in [0.2, 0.25) is 5.95 Å². The Labute approximate surface area is 64.5 Å². The maximum absolute atomic E-state index is 12.5. The molecule has 0 spiro atoms. The van der Waals surface area contributed by atoms with Gasteiger partial charge in [0.25, 0.3) is 12.0 Å². The van der Waals surface area contributed by atoms with Gasteiger partial charge in [-0.3, -0.25) is 9.78 Å². The van der Waals surface area contributed by atoms with Gasteiger partial charge in [0.1, 0.15) is 11.3 Å². The Morgan fingerprint density at radius 1 is 1.50 bits per heavy atom. The lowest BCUT2D eigenvalue weighted by molar-refractivity contribution is 0.140. The summed E-state index contributed by atoms with van der Waals surface area (Å²) >= 11 is 0. The molecular weight excluding hydrogens is 175 g/mol.